The molecule has 1 heterocycles. The molecular formula is C11H16N2OSi. The number of hydrogen-bond donors (Lipinski definition) is 2. The van der Waals surface area contributed by atoms with Crippen LogP contribution in [0.1, 0.15) is 0 Å². The molecule has 1 aromatic rings. The smallest absolute Gasteiger partial charge is 0.189 e. The first-order valence-corrected chi connectivity index (χ1v) is 8.36. The zero-order chi connectivity index (χ0) is 11.3. The van der Waals surface area contributed by atoms with E-state index in [-0.39, 0.29) is 0 Å². The highest BCUT2D eigenvalue weighted by molar-refractivity contribution is 6.83. The van der Waals surface area contributed by atoms with Gasteiger partial charge in [0.05, 0.1) is 0 Å². The predicted octanol–water partition coefficient (Wildman–Crippen LogP) is 1.69. The molecule has 0 aliphatic heterocycles. The molecule has 0 bridgehead atoms. The molecule has 3 nitrogen and oxygen atoms in total. The Morgan fingerprint density at radius 3 is 2.67 bits per heavy atom. The number of pyridine rings is 1. The zero-order valence-electron chi connectivity index (χ0n) is 9.28. The van der Waals surface area contributed by atoms with Gasteiger partial charge < -0.3 is 10.4 Å². The number of nitrogens with zero attached hydrogens (tertiary/aromatic N) is 1. The van der Waals surface area contributed by atoms with Gasteiger partial charge in [-0.3, -0.25) is 0 Å². The second-order valence-electron chi connectivity index (χ2n) is 4.28. The summed E-state index contributed by atoms with van der Waals surface area (Å²) in [6, 6.07) is 5.47. The Balaban J connectivity index is 2.56. The van der Waals surface area contributed by atoms with Gasteiger partial charge in [-0.25, -0.2) is 4.98 Å². The van der Waals surface area contributed by atoms with Gasteiger partial charge in [-0.2, -0.15) is 0 Å². The van der Waals surface area contributed by atoms with Gasteiger partial charge in [0, 0.05) is 6.20 Å². The Morgan fingerprint density at radius 1 is 1.40 bits per heavy atom. The Morgan fingerprint density at radius 2 is 2.13 bits per heavy atom. The topological polar surface area (TPSA) is 45.1 Å². The van der Waals surface area contributed by atoms with Crippen molar-refractivity contribution >= 4 is 13.9 Å². The van der Waals surface area contributed by atoms with Crippen molar-refractivity contribution in [2.75, 3.05) is 5.32 Å². The number of anilines is 1. The molecule has 0 aromatic carbocycles. The maximum atomic E-state index is 9.56. The van der Waals surface area contributed by atoms with Gasteiger partial charge >= 0.3 is 0 Å². The molecule has 0 unspecified atom stereocenters. The van der Waals surface area contributed by atoms with Crippen LogP contribution >= 0.6 is 0 Å². The van der Waals surface area contributed by atoms with Crippen molar-refractivity contribution in [2.24, 2.45) is 0 Å². The molecule has 1 aromatic heterocycles. The van der Waals surface area contributed by atoms with Crippen LogP contribution in [-0.4, -0.2) is 24.4 Å². The quantitative estimate of drug-likeness (QED) is 0.453. The van der Waals surface area contributed by atoms with Crippen LogP contribution in [0.25, 0.3) is 0 Å². The second-order valence-corrected chi connectivity index (χ2v) is 9.03. The molecule has 4 heteroatoms. The summed E-state index contributed by atoms with van der Waals surface area (Å²) in [6.45, 7) is 6.40. The largest absolute Gasteiger partial charge is 0.363 e. The lowest BCUT2D eigenvalue weighted by atomic mass is 10.4. The van der Waals surface area contributed by atoms with Crippen LogP contribution < -0.4 is 5.32 Å². The predicted molar refractivity (Wildman–Crippen MR) is 65.0 cm³/mol. The summed E-state index contributed by atoms with van der Waals surface area (Å²) in [7, 11) is -1.42. The van der Waals surface area contributed by atoms with E-state index in [0.717, 1.165) is 0 Å². The summed E-state index contributed by atoms with van der Waals surface area (Å²) in [5.41, 5.74) is 3.09. The van der Waals surface area contributed by atoms with Crippen molar-refractivity contribution < 1.29 is 5.11 Å². The lowest BCUT2D eigenvalue weighted by Gasteiger charge is -2.08. The van der Waals surface area contributed by atoms with Crippen molar-refractivity contribution in [1.82, 2.24) is 4.98 Å². The van der Waals surface area contributed by atoms with Gasteiger partial charge in [0.25, 0.3) is 0 Å². The SMILES string of the molecule is C[Si](C)(C)C#C[C@@H](O)Nc1ccccn1. The van der Waals surface area contributed by atoms with Crippen molar-refractivity contribution in [3.8, 4) is 11.5 Å². The first-order valence-electron chi connectivity index (χ1n) is 4.86. The Bertz CT molecular complexity index is 362. The monoisotopic (exact) mass is 220 g/mol. The molecule has 0 amide bonds. The molecule has 0 saturated heterocycles. The van der Waals surface area contributed by atoms with Gasteiger partial charge in [-0.15, -0.1) is 5.54 Å². The molecular weight excluding hydrogens is 204 g/mol. The molecule has 1 rings (SSSR count). The lowest BCUT2D eigenvalue weighted by molar-refractivity contribution is 0.261. The molecule has 1 atom stereocenters. The van der Waals surface area contributed by atoms with Crippen LogP contribution in [0, 0.1) is 11.5 Å². The fraction of sp³-hybridized carbons (Fsp3) is 0.364. The molecule has 0 aliphatic rings. The van der Waals surface area contributed by atoms with E-state index in [2.05, 4.69) is 41.4 Å². The van der Waals surface area contributed by atoms with Crippen LogP contribution in [0.2, 0.25) is 19.6 Å². The van der Waals surface area contributed by atoms with Crippen molar-refractivity contribution in [1.29, 1.82) is 0 Å². The highest BCUT2D eigenvalue weighted by Gasteiger charge is 2.08. The van der Waals surface area contributed by atoms with Crippen LogP contribution in [-0.2, 0) is 0 Å². The van der Waals surface area contributed by atoms with Crippen molar-refractivity contribution in [3.63, 3.8) is 0 Å². The first-order chi connectivity index (χ1) is 6.97. The first kappa shape index (κ1) is 11.8. The fourth-order valence-electron chi connectivity index (χ4n) is 0.909. The van der Waals surface area contributed by atoms with E-state index in [1.807, 2.05) is 12.1 Å². The molecule has 0 aliphatic carbocycles. The normalized spacial score (nSPS) is 12.5. The summed E-state index contributed by atoms with van der Waals surface area (Å²) in [5.74, 6) is 3.42. The summed E-state index contributed by atoms with van der Waals surface area (Å²) in [4.78, 5) is 4.04. The van der Waals surface area contributed by atoms with E-state index in [4.69, 9.17) is 0 Å². The number of rotatable bonds is 2. The summed E-state index contributed by atoms with van der Waals surface area (Å²) >= 11 is 0. The molecule has 15 heavy (non-hydrogen) atoms. The molecule has 0 saturated carbocycles. The summed E-state index contributed by atoms with van der Waals surface area (Å²) in [5, 5.41) is 12.4. The number of aliphatic hydroxyl groups is 1. The summed E-state index contributed by atoms with van der Waals surface area (Å²) in [6.07, 6.45) is 0.827. The molecule has 80 valence electrons. The minimum atomic E-state index is -1.42. The maximum Gasteiger partial charge on any atom is 0.189 e. The van der Waals surface area contributed by atoms with Crippen molar-refractivity contribution in [2.45, 2.75) is 25.9 Å². The molecule has 0 spiro atoms. The number of aliphatic hydroxyl groups excluding tert-OH is 1. The number of nitrogens with one attached hydrogen (secondary N) is 1. The van der Waals surface area contributed by atoms with Gasteiger partial charge in [0.1, 0.15) is 13.9 Å². The van der Waals surface area contributed by atoms with E-state index in [9.17, 15) is 5.11 Å². The van der Waals surface area contributed by atoms with E-state index >= 15 is 0 Å². The second kappa shape index (κ2) is 4.96. The number of hydrogen-bond acceptors (Lipinski definition) is 3. The Labute approximate surface area is 91.6 Å². The summed E-state index contributed by atoms with van der Waals surface area (Å²) < 4.78 is 0. The maximum absolute atomic E-state index is 9.56. The molecule has 0 radical (unpaired) electrons. The Hall–Kier alpha value is -1.31. The van der Waals surface area contributed by atoms with E-state index < -0.39 is 14.3 Å². The third kappa shape index (κ3) is 5.20. The van der Waals surface area contributed by atoms with Gasteiger partial charge in [-0.1, -0.05) is 31.6 Å². The fourth-order valence-corrected chi connectivity index (χ4v) is 1.48. The van der Waals surface area contributed by atoms with Gasteiger partial charge in [0.2, 0.25) is 0 Å². The minimum absolute atomic E-state index is 0.634. The molecule has 2 N–H and O–H groups in total. The van der Waals surface area contributed by atoms with Crippen LogP contribution in [0.4, 0.5) is 5.82 Å². The minimum Gasteiger partial charge on any atom is -0.363 e. The van der Waals surface area contributed by atoms with E-state index in [1.54, 1.807) is 12.3 Å². The standard InChI is InChI=1S/C11H16N2OSi/c1-15(2,3)9-7-11(14)13-10-6-4-5-8-12-10/h4-6,8,11,14H,1-3H3,(H,12,13)/t11-/m1/s1. The average Bonchev–Trinajstić information content (AvgIpc) is 2.15. The zero-order valence-corrected chi connectivity index (χ0v) is 10.3. The van der Waals surface area contributed by atoms with Crippen LogP contribution in [0.5, 0.6) is 0 Å². The third-order valence-electron chi connectivity index (χ3n) is 1.53. The lowest BCUT2D eigenvalue weighted by Crippen LogP contribution is -2.21. The van der Waals surface area contributed by atoms with Gasteiger partial charge in [-0.05, 0) is 12.1 Å². The highest BCUT2D eigenvalue weighted by Crippen LogP contribution is 2.01. The van der Waals surface area contributed by atoms with E-state index in [0.29, 0.717) is 5.82 Å². The van der Waals surface area contributed by atoms with Crippen LogP contribution in [0.3, 0.4) is 0 Å². The van der Waals surface area contributed by atoms with Gasteiger partial charge in [0.15, 0.2) is 6.23 Å². The molecule has 0 fully saturated rings. The third-order valence-corrected chi connectivity index (χ3v) is 2.43. The highest BCUT2D eigenvalue weighted by atomic mass is 28.3. The van der Waals surface area contributed by atoms with E-state index in [1.165, 1.54) is 0 Å². The van der Waals surface area contributed by atoms with Crippen molar-refractivity contribution in [3.05, 3.63) is 24.4 Å². The average molecular weight is 220 g/mol. The van der Waals surface area contributed by atoms with Crippen LogP contribution in [0.15, 0.2) is 24.4 Å². The number of aromatic nitrogens is 1. The Kier molecular flexibility index (Phi) is 3.89.